The number of nitrogens with one attached hydrogen (secondary N) is 1. The second kappa shape index (κ2) is 5.27. The molecule has 0 aliphatic carbocycles. The Morgan fingerprint density at radius 1 is 1.39 bits per heavy atom. The van der Waals surface area contributed by atoms with Gasteiger partial charge in [0.25, 0.3) is 10.1 Å². The Balaban J connectivity index is 3.24. The molecule has 0 bridgehead atoms. The highest BCUT2D eigenvalue weighted by atomic mass is 32.2. The van der Waals surface area contributed by atoms with E-state index < -0.39 is 15.8 Å². The molecule has 1 rings (SSSR count). The van der Waals surface area contributed by atoms with E-state index in [1.165, 1.54) is 24.3 Å². The van der Waals surface area contributed by atoms with Gasteiger partial charge in [-0.05, 0) is 24.6 Å². The highest BCUT2D eigenvalue weighted by Gasteiger charge is 2.15. The molecule has 0 atom stereocenters. The smallest absolute Gasteiger partial charge is 0.282 e. The third kappa shape index (κ3) is 3.28. The number of hydrogen-bond donors (Lipinski definition) is 2. The fourth-order valence-corrected chi connectivity index (χ4v) is 1.85. The minimum Gasteiger partial charge on any atom is -0.282 e. The molecule has 0 aliphatic rings. The Morgan fingerprint density at radius 2 is 2.00 bits per heavy atom. The van der Waals surface area contributed by atoms with Crippen molar-refractivity contribution in [2.45, 2.75) is 11.8 Å². The molecule has 18 heavy (non-hydrogen) atoms. The highest BCUT2D eigenvalue weighted by Crippen LogP contribution is 2.22. The fourth-order valence-electron chi connectivity index (χ4n) is 1.13. The lowest BCUT2D eigenvalue weighted by Crippen LogP contribution is -2.05. The van der Waals surface area contributed by atoms with Crippen molar-refractivity contribution >= 4 is 21.5 Å². The number of anilines is 1. The predicted molar refractivity (Wildman–Crippen MR) is 63.3 cm³/mol. The van der Waals surface area contributed by atoms with Crippen LogP contribution in [0.4, 0.5) is 5.69 Å². The molecule has 0 radical (unpaired) electrons. The van der Waals surface area contributed by atoms with Crippen molar-refractivity contribution in [3.8, 4) is 12.1 Å². The molecule has 0 aliphatic heterocycles. The first-order valence-corrected chi connectivity index (χ1v) is 6.04. The van der Waals surface area contributed by atoms with Crippen LogP contribution in [0.2, 0.25) is 0 Å². The Morgan fingerprint density at radius 3 is 2.50 bits per heavy atom. The van der Waals surface area contributed by atoms with Crippen LogP contribution < -0.4 is 5.43 Å². The van der Waals surface area contributed by atoms with E-state index in [0.29, 0.717) is 5.56 Å². The Hall–Kier alpha value is -2.42. The van der Waals surface area contributed by atoms with E-state index in [9.17, 15) is 8.42 Å². The van der Waals surface area contributed by atoms with Gasteiger partial charge in [-0.2, -0.15) is 24.0 Å². The van der Waals surface area contributed by atoms with Crippen molar-refractivity contribution in [2.24, 2.45) is 5.10 Å². The summed E-state index contributed by atoms with van der Waals surface area (Å²) in [4.78, 5) is -0.374. The molecular formula is C10H8N4O3S. The minimum atomic E-state index is -4.41. The summed E-state index contributed by atoms with van der Waals surface area (Å²) in [5.74, 6) is 0. The third-order valence-corrected chi connectivity index (χ3v) is 2.81. The summed E-state index contributed by atoms with van der Waals surface area (Å²) in [7, 11) is -4.41. The lowest BCUT2D eigenvalue weighted by atomic mass is 10.2. The molecule has 2 N–H and O–H groups in total. The van der Waals surface area contributed by atoms with E-state index in [0.717, 1.165) is 0 Å². The highest BCUT2D eigenvalue weighted by molar-refractivity contribution is 7.86. The Bertz CT molecular complexity index is 664. The van der Waals surface area contributed by atoms with Crippen LogP contribution in [0.5, 0.6) is 0 Å². The molecule has 0 spiro atoms. The first-order chi connectivity index (χ1) is 8.38. The van der Waals surface area contributed by atoms with Gasteiger partial charge >= 0.3 is 0 Å². The molecule has 0 aromatic heterocycles. The predicted octanol–water partition coefficient (Wildman–Crippen LogP) is 1.06. The number of hydrogen-bond acceptors (Lipinski definition) is 6. The molecule has 7 nitrogen and oxygen atoms in total. The Labute approximate surface area is 104 Å². The average molecular weight is 264 g/mol. The fraction of sp³-hybridized carbons (Fsp3) is 0.100. The summed E-state index contributed by atoms with van der Waals surface area (Å²) in [6.07, 6.45) is 0. The standard InChI is InChI=1S/C10H8N4O3S/c1-7-2-3-9(10(4-7)18(15,16)17)14-13-8(5-11)6-12/h2-4,14H,1H3,(H,15,16,17). The maximum absolute atomic E-state index is 11.1. The quantitative estimate of drug-likeness (QED) is 0.477. The van der Waals surface area contributed by atoms with E-state index in [4.69, 9.17) is 15.1 Å². The zero-order valence-corrected chi connectivity index (χ0v) is 10.1. The van der Waals surface area contributed by atoms with Crippen LogP contribution in [0, 0.1) is 29.6 Å². The second-order valence-electron chi connectivity index (χ2n) is 3.27. The summed E-state index contributed by atoms with van der Waals surface area (Å²) < 4.78 is 31.3. The zero-order chi connectivity index (χ0) is 13.8. The largest absolute Gasteiger partial charge is 0.296 e. The average Bonchev–Trinajstić information content (AvgIpc) is 2.30. The molecule has 0 saturated heterocycles. The van der Waals surface area contributed by atoms with Crippen molar-refractivity contribution in [2.75, 3.05) is 5.43 Å². The van der Waals surface area contributed by atoms with E-state index >= 15 is 0 Å². The lowest BCUT2D eigenvalue weighted by Gasteiger charge is -2.06. The number of nitrogens with zero attached hydrogens (tertiary/aromatic N) is 3. The molecular weight excluding hydrogens is 256 g/mol. The van der Waals surface area contributed by atoms with Crippen LogP contribution in [0.15, 0.2) is 28.2 Å². The van der Waals surface area contributed by atoms with Crippen LogP contribution in [-0.2, 0) is 10.1 Å². The first kappa shape index (κ1) is 13.6. The maximum atomic E-state index is 11.1. The first-order valence-electron chi connectivity index (χ1n) is 4.60. The van der Waals surface area contributed by atoms with Crippen LogP contribution >= 0.6 is 0 Å². The molecule has 0 amide bonds. The number of nitriles is 2. The summed E-state index contributed by atoms with van der Waals surface area (Å²) in [6.45, 7) is 1.65. The van der Waals surface area contributed by atoms with Gasteiger partial charge in [-0.3, -0.25) is 9.98 Å². The van der Waals surface area contributed by atoms with Gasteiger partial charge in [0, 0.05) is 0 Å². The van der Waals surface area contributed by atoms with Crippen LogP contribution in [0.3, 0.4) is 0 Å². The minimum absolute atomic E-state index is 0.0221. The van der Waals surface area contributed by atoms with Crippen molar-refractivity contribution in [3.05, 3.63) is 23.8 Å². The van der Waals surface area contributed by atoms with Gasteiger partial charge in [-0.25, -0.2) is 0 Å². The molecule has 0 heterocycles. The van der Waals surface area contributed by atoms with Crippen LogP contribution in [0.25, 0.3) is 0 Å². The molecule has 0 unspecified atom stereocenters. The van der Waals surface area contributed by atoms with Gasteiger partial charge in [0.05, 0.1) is 5.69 Å². The SMILES string of the molecule is Cc1ccc(NN=C(C#N)C#N)c(S(=O)(=O)O)c1. The van der Waals surface area contributed by atoms with Gasteiger partial charge in [0.2, 0.25) is 5.71 Å². The third-order valence-electron chi connectivity index (χ3n) is 1.91. The second-order valence-corrected chi connectivity index (χ2v) is 4.66. The van der Waals surface area contributed by atoms with Gasteiger partial charge in [0.1, 0.15) is 17.0 Å². The zero-order valence-electron chi connectivity index (χ0n) is 9.25. The lowest BCUT2D eigenvalue weighted by molar-refractivity contribution is 0.483. The number of benzene rings is 1. The monoisotopic (exact) mass is 264 g/mol. The number of rotatable bonds is 3. The molecule has 1 aromatic rings. The van der Waals surface area contributed by atoms with E-state index in [-0.39, 0.29) is 10.6 Å². The summed E-state index contributed by atoms with van der Waals surface area (Å²) >= 11 is 0. The Kier molecular flexibility index (Phi) is 4.00. The normalized spacial score (nSPS) is 10.0. The van der Waals surface area contributed by atoms with E-state index in [1.54, 1.807) is 13.0 Å². The van der Waals surface area contributed by atoms with E-state index in [1.807, 2.05) is 0 Å². The van der Waals surface area contributed by atoms with Crippen molar-refractivity contribution < 1.29 is 13.0 Å². The number of aryl methyl sites for hydroxylation is 1. The number of hydrazone groups is 1. The van der Waals surface area contributed by atoms with Crippen LogP contribution in [-0.4, -0.2) is 18.7 Å². The summed E-state index contributed by atoms with van der Waals surface area (Å²) in [5, 5.41) is 20.3. The van der Waals surface area contributed by atoms with Crippen molar-refractivity contribution in [1.82, 2.24) is 0 Å². The summed E-state index contributed by atoms with van der Waals surface area (Å²) in [5.41, 5.74) is 2.39. The maximum Gasteiger partial charge on any atom is 0.296 e. The van der Waals surface area contributed by atoms with Gasteiger partial charge < -0.3 is 0 Å². The molecule has 92 valence electrons. The molecule has 8 heteroatoms. The van der Waals surface area contributed by atoms with Gasteiger partial charge in [0.15, 0.2) is 0 Å². The topological polar surface area (TPSA) is 126 Å². The van der Waals surface area contributed by atoms with Crippen molar-refractivity contribution in [3.63, 3.8) is 0 Å². The van der Waals surface area contributed by atoms with E-state index in [2.05, 4.69) is 10.5 Å². The molecule has 1 aromatic carbocycles. The van der Waals surface area contributed by atoms with Gasteiger partial charge in [-0.1, -0.05) is 6.07 Å². The summed E-state index contributed by atoms with van der Waals surface area (Å²) in [6, 6.07) is 7.21. The molecule has 0 saturated carbocycles. The van der Waals surface area contributed by atoms with Crippen LogP contribution in [0.1, 0.15) is 5.56 Å². The van der Waals surface area contributed by atoms with Crippen molar-refractivity contribution in [1.29, 1.82) is 10.5 Å². The van der Waals surface area contributed by atoms with Gasteiger partial charge in [-0.15, -0.1) is 0 Å². The molecule has 0 fully saturated rings.